The molecule has 5 rings (SSSR count). The highest BCUT2D eigenvalue weighted by molar-refractivity contribution is 7.11. The maximum absolute atomic E-state index is 13.5. The van der Waals surface area contributed by atoms with Crippen molar-refractivity contribution in [3.63, 3.8) is 0 Å². The molecule has 1 aromatic heterocycles. The zero-order valence-corrected chi connectivity index (χ0v) is 19.2. The number of amides is 2. The highest BCUT2D eigenvalue weighted by Crippen LogP contribution is 2.39. The number of anilines is 3. The Bertz CT molecular complexity index is 1200. The molecule has 33 heavy (non-hydrogen) atoms. The topological polar surface area (TPSA) is 61.9 Å². The molecule has 0 spiro atoms. The number of nitrogens with zero attached hydrogens (tertiary/aromatic N) is 2. The average molecular weight is 460 g/mol. The second kappa shape index (κ2) is 9.11. The third kappa shape index (κ3) is 4.00. The van der Waals surface area contributed by atoms with Gasteiger partial charge in [-0.1, -0.05) is 18.2 Å². The van der Waals surface area contributed by atoms with E-state index in [1.54, 1.807) is 18.2 Å². The second-order valence-electron chi connectivity index (χ2n) is 8.06. The molecule has 0 aliphatic carbocycles. The van der Waals surface area contributed by atoms with E-state index < -0.39 is 5.91 Å². The van der Waals surface area contributed by atoms with Crippen LogP contribution in [0.1, 0.15) is 24.1 Å². The Hall–Kier alpha value is -3.58. The van der Waals surface area contributed by atoms with Crippen LogP contribution in [0.5, 0.6) is 5.75 Å². The van der Waals surface area contributed by atoms with Crippen LogP contribution in [-0.2, 0) is 9.59 Å². The molecule has 0 radical (unpaired) electrons. The summed E-state index contributed by atoms with van der Waals surface area (Å²) in [5, 5.41) is 5.14. The van der Waals surface area contributed by atoms with Crippen LogP contribution in [-0.4, -0.2) is 32.0 Å². The van der Waals surface area contributed by atoms with Gasteiger partial charge in [0.25, 0.3) is 11.8 Å². The lowest BCUT2D eigenvalue weighted by molar-refractivity contribution is -0.120. The monoisotopic (exact) mass is 459 g/mol. The van der Waals surface area contributed by atoms with E-state index in [0.29, 0.717) is 17.0 Å². The molecule has 1 fully saturated rings. The minimum Gasteiger partial charge on any atom is -0.495 e. The highest BCUT2D eigenvalue weighted by atomic mass is 32.1. The van der Waals surface area contributed by atoms with E-state index in [-0.39, 0.29) is 11.6 Å². The number of imide groups is 1. The first-order valence-electron chi connectivity index (χ1n) is 11.1. The standard InChI is InChI=1S/C26H25N3O3S/c1-32-21-9-4-3-8-20(21)29-25(30)23(22-10-7-17-33-22)24(26(29)31)27-18-11-13-19(14-12-18)28-15-5-2-6-16-28/h3-4,7-14,17,27H,2,5-6,15-16H2,1H3. The number of methoxy groups -OCH3 is 1. The summed E-state index contributed by atoms with van der Waals surface area (Å²) < 4.78 is 5.42. The number of thiophene rings is 1. The van der Waals surface area contributed by atoms with Gasteiger partial charge in [-0.15, -0.1) is 11.3 Å². The molecule has 7 heteroatoms. The van der Waals surface area contributed by atoms with Crippen LogP contribution < -0.4 is 19.9 Å². The number of carbonyl (C=O) groups is 2. The van der Waals surface area contributed by atoms with E-state index in [9.17, 15) is 9.59 Å². The molecular weight excluding hydrogens is 434 g/mol. The Kier molecular flexibility index (Phi) is 5.88. The number of benzene rings is 2. The van der Waals surface area contributed by atoms with Crippen LogP contribution in [0.15, 0.2) is 71.7 Å². The molecule has 0 bridgehead atoms. The van der Waals surface area contributed by atoms with Crippen molar-refractivity contribution >= 4 is 45.8 Å². The first-order chi connectivity index (χ1) is 16.2. The van der Waals surface area contributed by atoms with Gasteiger partial charge in [0.2, 0.25) is 0 Å². The van der Waals surface area contributed by atoms with Crippen molar-refractivity contribution in [1.29, 1.82) is 0 Å². The summed E-state index contributed by atoms with van der Waals surface area (Å²) >= 11 is 1.43. The normalized spacial score (nSPS) is 16.5. The van der Waals surface area contributed by atoms with Gasteiger partial charge >= 0.3 is 0 Å². The van der Waals surface area contributed by atoms with Crippen molar-refractivity contribution in [2.24, 2.45) is 0 Å². The summed E-state index contributed by atoms with van der Waals surface area (Å²) in [7, 11) is 1.53. The van der Waals surface area contributed by atoms with Gasteiger partial charge in [-0.05, 0) is 67.1 Å². The van der Waals surface area contributed by atoms with Crippen LogP contribution >= 0.6 is 11.3 Å². The van der Waals surface area contributed by atoms with E-state index in [1.165, 1.54) is 48.3 Å². The minimum atomic E-state index is -0.395. The van der Waals surface area contributed by atoms with Crippen LogP contribution in [0.4, 0.5) is 17.1 Å². The van der Waals surface area contributed by atoms with Gasteiger partial charge in [0, 0.05) is 29.3 Å². The van der Waals surface area contributed by atoms with E-state index in [0.717, 1.165) is 23.7 Å². The summed E-state index contributed by atoms with van der Waals surface area (Å²) in [6, 6.07) is 18.9. The summed E-state index contributed by atoms with van der Waals surface area (Å²) in [5.74, 6) is -0.288. The van der Waals surface area contributed by atoms with Gasteiger partial charge < -0.3 is 15.0 Å². The quantitative estimate of drug-likeness (QED) is 0.517. The number of ether oxygens (including phenoxy) is 1. The highest BCUT2D eigenvalue weighted by Gasteiger charge is 2.41. The van der Waals surface area contributed by atoms with Gasteiger partial charge in [-0.25, -0.2) is 4.90 Å². The zero-order chi connectivity index (χ0) is 22.8. The number of nitrogens with one attached hydrogen (secondary N) is 1. The average Bonchev–Trinajstić information content (AvgIpc) is 3.46. The molecule has 3 heterocycles. The van der Waals surface area contributed by atoms with Crippen molar-refractivity contribution in [2.75, 3.05) is 35.3 Å². The molecule has 2 aliphatic rings. The van der Waals surface area contributed by atoms with Crippen molar-refractivity contribution in [3.8, 4) is 5.75 Å². The Morgan fingerprint density at radius 2 is 1.64 bits per heavy atom. The Morgan fingerprint density at radius 1 is 0.879 bits per heavy atom. The molecule has 0 unspecified atom stereocenters. The zero-order valence-electron chi connectivity index (χ0n) is 18.4. The smallest absolute Gasteiger partial charge is 0.282 e. The molecule has 2 aromatic carbocycles. The lowest BCUT2D eigenvalue weighted by atomic mass is 10.1. The van der Waals surface area contributed by atoms with Gasteiger partial charge in [-0.2, -0.15) is 0 Å². The number of carbonyl (C=O) groups excluding carboxylic acids is 2. The molecule has 3 aromatic rings. The second-order valence-corrected chi connectivity index (χ2v) is 9.01. The number of hydrogen-bond acceptors (Lipinski definition) is 6. The van der Waals surface area contributed by atoms with Gasteiger partial charge in [0.15, 0.2) is 0 Å². The third-order valence-corrected chi connectivity index (χ3v) is 6.92. The van der Waals surface area contributed by atoms with Crippen LogP contribution in [0, 0.1) is 0 Å². The molecule has 2 aliphatic heterocycles. The number of piperidine rings is 1. The summed E-state index contributed by atoms with van der Waals surface area (Å²) in [5.41, 5.74) is 3.03. The third-order valence-electron chi connectivity index (χ3n) is 6.04. The summed E-state index contributed by atoms with van der Waals surface area (Å²) in [4.78, 5) is 31.4. The van der Waals surface area contributed by atoms with Crippen molar-refractivity contribution in [3.05, 3.63) is 76.6 Å². The maximum Gasteiger partial charge on any atom is 0.282 e. The predicted molar refractivity (Wildman–Crippen MR) is 133 cm³/mol. The molecule has 6 nitrogen and oxygen atoms in total. The Labute approximate surface area is 197 Å². The SMILES string of the molecule is COc1ccccc1N1C(=O)C(Nc2ccc(N3CCCCC3)cc2)=C(c2cccs2)C1=O. The summed E-state index contributed by atoms with van der Waals surface area (Å²) in [6.07, 6.45) is 3.72. The fraction of sp³-hybridized carbons (Fsp3) is 0.231. The first-order valence-corrected chi connectivity index (χ1v) is 12.0. The molecular formula is C26H25N3O3S. The van der Waals surface area contributed by atoms with E-state index >= 15 is 0 Å². The van der Waals surface area contributed by atoms with Crippen molar-refractivity contribution < 1.29 is 14.3 Å². The molecule has 0 saturated carbocycles. The molecule has 0 atom stereocenters. The lowest BCUT2D eigenvalue weighted by Crippen LogP contribution is -2.32. The van der Waals surface area contributed by atoms with Crippen molar-refractivity contribution in [2.45, 2.75) is 19.3 Å². The maximum atomic E-state index is 13.5. The largest absolute Gasteiger partial charge is 0.495 e. The fourth-order valence-corrected chi connectivity index (χ4v) is 5.15. The van der Waals surface area contributed by atoms with E-state index in [1.807, 2.05) is 35.7 Å². The molecule has 1 saturated heterocycles. The molecule has 2 amide bonds. The summed E-state index contributed by atoms with van der Waals surface area (Å²) in [6.45, 7) is 2.14. The van der Waals surface area contributed by atoms with Crippen LogP contribution in [0.2, 0.25) is 0 Å². The molecule has 168 valence electrons. The van der Waals surface area contributed by atoms with E-state index in [2.05, 4.69) is 22.3 Å². The number of rotatable bonds is 6. The fourth-order valence-electron chi connectivity index (χ4n) is 4.38. The number of hydrogen-bond donors (Lipinski definition) is 1. The van der Waals surface area contributed by atoms with Crippen LogP contribution in [0.25, 0.3) is 5.57 Å². The van der Waals surface area contributed by atoms with E-state index in [4.69, 9.17) is 4.74 Å². The minimum absolute atomic E-state index is 0.277. The van der Waals surface area contributed by atoms with Crippen LogP contribution in [0.3, 0.4) is 0 Å². The van der Waals surface area contributed by atoms with Gasteiger partial charge in [-0.3, -0.25) is 9.59 Å². The van der Waals surface area contributed by atoms with Gasteiger partial charge in [0.1, 0.15) is 11.4 Å². The number of para-hydroxylation sites is 2. The first kappa shape index (κ1) is 21.3. The molecule has 1 N–H and O–H groups in total. The Balaban J connectivity index is 1.48. The van der Waals surface area contributed by atoms with Crippen molar-refractivity contribution in [1.82, 2.24) is 0 Å². The Morgan fingerprint density at radius 3 is 2.33 bits per heavy atom. The lowest BCUT2D eigenvalue weighted by Gasteiger charge is -2.28. The van der Waals surface area contributed by atoms with Gasteiger partial charge in [0.05, 0.1) is 18.4 Å². The predicted octanol–water partition coefficient (Wildman–Crippen LogP) is 5.14.